The van der Waals surface area contributed by atoms with Crippen LogP contribution >= 0.6 is 12.2 Å². The van der Waals surface area contributed by atoms with Gasteiger partial charge in [-0.05, 0) is 25.5 Å². The summed E-state index contributed by atoms with van der Waals surface area (Å²) < 4.78 is 33.2. The van der Waals surface area contributed by atoms with Crippen LogP contribution in [0.4, 0.5) is 14.5 Å². The lowest BCUT2D eigenvalue weighted by molar-refractivity contribution is 0.203. The van der Waals surface area contributed by atoms with Gasteiger partial charge in [0.15, 0.2) is 11.6 Å². The van der Waals surface area contributed by atoms with Crippen LogP contribution in [0.25, 0.3) is 0 Å². The Kier molecular flexibility index (Phi) is 6.29. The van der Waals surface area contributed by atoms with E-state index in [9.17, 15) is 8.78 Å². The first-order chi connectivity index (χ1) is 9.43. The van der Waals surface area contributed by atoms with E-state index in [1.54, 1.807) is 12.0 Å². The Morgan fingerprint density at radius 1 is 1.40 bits per heavy atom. The van der Waals surface area contributed by atoms with Gasteiger partial charge in [-0.15, -0.1) is 0 Å². The zero-order valence-electron chi connectivity index (χ0n) is 12.0. The molecular weight excluding hydrogens is 282 g/mol. The predicted octanol–water partition coefficient (Wildman–Crippen LogP) is 2.85. The number of nitrogens with two attached hydrogens (primary N) is 1. The van der Waals surface area contributed by atoms with Gasteiger partial charge in [0.2, 0.25) is 0 Å². The second-order valence-electron chi connectivity index (χ2n) is 4.57. The molecule has 1 rings (SSSR count). The lowest BCUT2D eigenvalue weighted by Crippen LogP contribution is -2.36. The van der Waals surface area contributed by atoms with Crippen molar-refractivity contribution in [3.05, 3.63) is 29.3 Å². The van der Waals surface area contributed by atoms with Crippen molar-refractivity contribution in [3.63, 3.8) is 0 Å². The minimum Gasteiger partial charge on any atom is -0.389 e. The van der Waals surface area contributed by atoms with Crippen molar-refractivity contribution in [2.24, 2.45) is 5.73 Å². The van der Waals surface area contributed by atoms with E-state index in [0.29, 0.717) is 13.2 Å². The summed E-state index contributed by atoms with van der Waals surface area (Å²) in [7, 11) is 1.57. The molecule has 0 bridgehead atoms. The SMILES string of the molecule is CCC(C)N(CCOC)c1ccc(C(N)=S)c(F)c1F. The Balaban J connectivity index is 3.20. The minimum absolute atomic E-state index is 0.0646. The number of thiocarbonyl (C=S) groups is 1. The summed E-state index contributed by atoms with van der Waals surface area (Å²) in [6.45, 7) is 4.85. The molecule has 0 radical (unpaired) electrons. The normalized spacial score (nSPS) is 12.2. The molecule has 112 valence electrons. The van der Waals surface area contributed by atoms with Gasteiger partial charge < -0.3 is 15.4 Å². The summed E-state index contributed by atoms with van der Waals surface area (Å²) in [5.41, 5.74) is 5.50. The van der Waals surface area contributed by atoms with E-state index in [2.05, 4.69) is 0 Å². The van der Waals surface area contributed by atoms with Crippen molar-refractivity contribution in [2.75, 3.05) is 25.2 Å². The zero-order valence-corrected chi connectivity index (χ0v) is 12.8. The van der Waals surface area contributed by atoms with E-state index >= 15 is 0 Å². The number of nitrogens with zero attached hydrogens (tertiary/aromatic N) is 1. The average Bonchev–Trinajstić information content (AvgIpc) is 2.42. The molecule has 1 aromatic carbocycles. The topological polar surface area (TPSA) is 38.5 Å². The molecule has 2 N–H and O–H groups in total. The number of anilines is 1. The Hall–Kier alpha value is -1.27. The highest BCUT2D eigenvalue weighted by Gasteiger charge is 2.21. The van der Waals surface area contributed by atoms with E-state index in [1.807, 2.05) is 13.8 Å². The molecule has 0 aliphatic carbocycles. The Morgan fingerprint density at radius 3 is 2.55 bits per heavy atom. The molecule has 1 unspecified atom stereocenters. The second kappa shape index (κ2) is 7.50. The monoisotopic (exact) mass is 302 g/mol. The van der Waals surface area contributed by atoms with Crippen molar-refractivity contribution in [1.29, 1.82) is 0 Å². The lowest BCUT2D eigenvalue weighted by Gasteiger charge is -2.31. The molecule has 0 spiro atoms. The van der Waals surface area contributed by atoms with E-state index < -0.39 is 11.6 Å². The van der Waals surface area contributed by atoms with Crippen molar-refractivity contribution in [2.45, 2.75) is 26.3 Å². The molecule has 0 saturated heterocycles. The fourth-order valence-corrected chi connectivity index (χ4v) is 2.10. The highest BCUT2D eigenvalue weighted by molar-refractivity contribution is 7.80. The molecule has 0 aliphatic rings. The average molecular weight is 302 g/mol. The fourth-order valence-electron chi connectivity index (χ4n) is 1.94. The van der Waals surface area contributed by atoms with Gasteiger partial charge in [0.05, 0.1) is 12.3 Å². The largest absolute Gasteiger partial charge is 0.389 e. The van der Waals surface area contributed by atoms with Crippen molar-refractivity contribution < 1.29 is 13.5 Å². The molecular formula is C14H20F2N2OS. The van der Waals surface area contributed by atoms with Crippen LogP contribution in [0.1, 0.15) is 25.8 Å². The van der Waals surface area contributed by atoms with Gasteiger partial charge in [-0.3, -0.25) is 0 Å². The number of halogens is 2. The first-order valence-electron chi connectivity index (χ1n) is 6.47. The van der Waals surface area contributed by atoms with Crippen LogP contribution in [0.2, 0.25) is 0 Å². The van der Waals surface area contributed by atoms with E-state index in [1.165, 1.54) is 12.1 Å². The summed E-state index contributed by atoms with van der Waals surface area (Å²) in [5.74, 6) is -1.92. The van der Waals surface area contributed by atoms with E-state index in [4.69, 9.17) is 22.7 Å². The maximum atomic E-state index is 14.2. The van der Waals surface area contributed by atoms with Gasteiger partial charge in [-0.25, -0.2) is 8.78 Å². The summed E-state index contributed by atoms with van der Waals surface area (Å²) in [5, 5.41) is 0. The number of benzene rings is 1. The molecule has 0 aromatic heterocycles. The van der Waals surface area contributed by atoms with Gasteiger partial charge in [0.1, 0.15) is 4.99 Å². The molecule has 1 aromatic rings. The Bertz CT molecular complexity index is 482. The fraction of sp³-hybridized carbons (Fsp3) is 0.500. The molecule has 0 heterocycles. The van der Waals surface area contributed by atoms with Gasteiger partial charge in [-0.1, -0.05) is 19.1 Å². The maximum absolute atomic E-state index is 14.2. The van der Waals surface area contributed by atoms with Crippen molar-refractivity contribution in [1.82, 2.24) is 0 Å². The Morgan fingerprint density at radius 2 is 2.05 bits per heavy atom. The number of methoxy groups -OCH3 is 1. The third kappa shape index (κ3) is 3.64. The van der Waals surface area contributed by atoms with Crippen LogP contribution in [0.3, 0.4) is 0 Å². The molecule has 0 saturated carbocycles. The minimum atomic E-state index is -0.999. The molecule has 20 heavy (non-hydrogen) atoms. The number of ether oxygens (including phenoxy) is 1. The highest BCUT2D eigenvalue weighted by atomic mass is 32.1. The molecule has 3 nitrogen and oxygen atoms in total. The third-order valence-electron chi connectivity index (χ3n) is 3.30. The molecule has 1 atom stereocenters. The number of hydrogen-bond donors (Lipinski definition) is 1. The smallest absolute Gasteiger partial charge is 0.182 e. The predicted molar refractivity (Wildman–Crippen MR) is 81.2 cm³/mol. The van der Waals surface area contributed by atoms with Gasteiger partial charge >= 0.3 is 0 Å². The van der Waals surface area contributed by atoms with E-state index in [-0.39, 0.29) is 22.3 Å². The summed E-state index contributed by atoms with van der Waals surface area (Å²) in [6, 6.07) is 2.99. The molecule has 0 fully saturated rings. The summed E-state index contributed by atoms with van der Waals surface area (Å²) in [6.07, 6.45) is 0.807. The van der Waals surface area contributed by atoms with Crippen LogP contribution < -0.4 is 10.6 Å². The molecule has 0 amide bonds. The van der Waals surface area contributed by atoms with E-state index in [0.717, 1.165) is 6.42 Å². The van der Waals surface area contributed by atoms with Crippen LogP contribution in [0.5, 0.6) is 0 Å². The van der Waals surface area contributed by atoms with Gasteiger partial charge in [0.25, 0.3) is 0 Å². The number of rotatable bonds is 7. The second-order valence-corrected chi connectivity index (χ2v) is 5.01. The maximum Gasteiger partial charge on any atom is 0.182 e. The van der Waals surface area contributed by atoms with Crippen LogP contribution in [-0.4, -0.2) is 31.3 Å². The summed E-state index contributed by atoms with van der Waals surface area (Å²) in [4.78, 5) is 1.63. The van der Waals surface area contributed by atoms with Gasteiger partial charge in [-0.2, -0.15) is 0 Å². The number of hydrogen-bond acceptors (Lipinski definition) is 3. The first kappa shape index (κ1) is 16.8. The van der Waals surface area contributed by atoms with Crippen LogP contribution in [-0.2, 0) is 4.74 Å². The summed E-state index contributed by atoms with van der Waals surface area (Å²) >= 11 is 4.70. The third-order valence-corrected chi connectivity index (χ3v) is 3.52. The molecule has 6 heteroatoms. The lowest BCUT2D eigenvalue weighted by atomic mass is 10.1. The van der Waals surface area contributed by atoms with Crippen LogP contribution in [0, 0.1) is 11.6 Å². The zero-order chi connectivity index (χ0) is 15.3. The quantitative estimate of drug-likeness (QED) is 0.786. The van der Waals surface area contributed by atoms with Crippen LogP contribution in [0.15, 0.2) is 12.1 Å². The Labute approximate surface area is 123 Å². The first-order valence-corrected chi connectivity index (χ1v) is 6.88. The van der Waals surface area contributed by atoms with Crippen molar-refractivity contribution in [3.8, 4) is 0 Å². The standard InChI is InChI=1S/C14H20F2N2OS/c1-4-9(2)18(7-8-19-3)11-6-5-10(14(17)20)12(15)13(11)16/h5-6,9H,4,7-8H2,1-3H3,(H2,17,20). The van der Waals surface area contributed by atoms with Gasteiger partial charge in [0, 0.05) is 25.3 Å². The van der Waals surface area contributed by atoms with Crippen molar-refractivity contribution >= 4 is 22.9 Å². The molecule has 0 aliphatic heterocycles. The highest BCUT2D eigenvalue weighted by Crippen LogP contribution is 2.26.